The number of thioether (sulfide) groups is 1. The zero-order valence-electron chi connectivity index (χ0n) is 17.9. The number of carbonyl (C=O) groups is 2. The highest BCUT2D eigenvalue weighted by molar-refractivity contribution is 8.01. The Kier molecular flexibility index (Phi) is 8.94. The maximum Gasteiger partial charge on any atom is 0.234 e. The van der Waals surface area contributed by atoms with Crippen LogP contribution in [0.4, 0.5) is 5.69 Å². The molecule has 0 bridgehead atoms. The van der Waals surface area contributed by atoms with E-state index in [1.54, 1.807) is 38.5 Å². The van der Waals surface area contributed by atoms with Crippen molar-refractivity contribution in [2.24, 2.45) is 0 Å². The lowest BCUT2D eigenvalue weighted by molar-refractivity contribution is -0.120. The number of hydrogen-bond acceptors (Lipinski definition) is 7. The normalized spacial score (nSPS) is 10.4. The summed E-state index contributed by atoms with van der Waals surface area (Å²) in [6, 6.07) is 14.9. The molecule has 2 amide bonds. The van der Waals surface area contributed by atoms with Crippen molar-refractivity contribution in [2.45, 2.75) is 17.2 Å². The van der Waals surface area contributed by atoms with Gasteiger partial charge in [-0.25, -0.2) is 4.98 Å². The third-order valence-electron chi connectivity index (χ3n) is 4.48. The minimum atomic E-state index is -0.119. The van der Waals surface area contributed by atoms with E-state index in [4.69, 9.17) is 9.47 Å². The number of carbonyl (C=O) groups excluding carboxylic acids is 2. The number of benzene rings is 2. The van der Waals surface area contributed by atoms with Gasteiger partial charge in [0, 0.05) is 17.6 Å². The average Bonchev–Trinajstić information content (AvgIpc) is 3.25. The zero-order chi connectivity index (χ0) is 22.8. The summed E-state index contributed by atoms with van der Waals surface area (Å²) in [6.45, 7) is 0.524. The first-order chi connectivity index (χ1) is 15.6. The number of methoxy groups -OCH3 is 2. The molecule has 2 aromatic carbocycles. The molecule has 0 aliphatic heterocycles. The van der Waals surface area contributed by atoms with E-state index in [0.717, 1.165) is 21.4 Å². The topological polar surface area (TPSA) is 89.5 Å². The van der Waals surface area contributed by atoms with Gasteiger partial charge in [0.2, 0.25) is 11.8 Å². The van der Waals surface area contributed by atoms with E-state index in [2.05, 4.69) is 15.6 Å². The fraction of sp³-hybridized carbons (Fsp3) is 0.261. The van der Waals surface area contributed by atoms with Crippen LogP contribution in [0.1, 0.15) is 11.3 Å². The predicted octanol–water partition coefficient (Wildman–Crippen LogP) is 3.79. The van der Waals surface area contributed by atoms with Crippen molar-refractivity contribution < 1.29 is 19.1 Å². The monoisotopic (exact) mass is 471 g/mol. The molecule has 3 aromatic rings. The number of para-hydroxylation sites is 1. The molecule has 0 atom stereocenters. The van der Waals surface area contributed by atoms with E-state index < -0.39 is 0 Å². The molecule has 2 N–H and O–H groups in total. The molecule has 0 unspecified atom stereocenters. The van der Waals surface area contributed by atoms with Gasteiger partial charge in [-0.15, -0.1) is 11.3 Å². The minimum absolute atomic E-state index is 0.0843. The molecule has 0 radical (unpaired) electrons. The second-order valence-electron chi connectivity index (χ2n) is 6.76. The molecule has 9 heteroatoms. The zero-order valence-corrected chi connectivity index (χ0v) is 19.6. The third kappa shape index (κ3) is 7.28. The number of ether oxygens (including phenoxy) is 2. The highest BCUT2D eigenvalue weighted by Gasteiger charge is 2.11. The van der Waals surface area contributed by atoms with Crippen LogP contribution in [0.3, 0.4) is 0 Å². The average molecular weight is 472 g/mol. The van der Waals surface area contributed by atoms with Crippen LogP contribution in [0, 0.1) is 0 Å². The van der Waals surface area contributed by atoms with E-state index in [9.17, 15) is 9.59 Å². The van der Waals surface area contributed by atoms with Gasteiger partial charge < -0.3 is 20.1 Å². The second kappa shape index (κ2) is 12.1. The van der Waals surface area contributed by atoms with Crippen molar-refractivity contribution in [3.8, 4) is 11.5 Å². The van der Waals surface area contributed by atoms with Gasteiger partial charge in [0.15, 0.2) is 4.34 Å². The van der Waals surface area contributed by atoms with Crippen LogP contribution in [-0.4, -0.2) is 43.3 Å². The number of rotatable bonds is 11. The van der Waals surface area contributed by atoms with Crippen LogP contribution in [0.25, 0.3) is 0 Å². The maximum atomic E-state index is 12.2. The van der Waals surface area contributed by atoms with Crippen LogP contribution < -0.4 is 20.1 Å². The number of nitrogens with one attached hydrogen (secondary N) is 2. The number of aromatic nitrogens is 1. The van der Waals surface area contributed by atoms with Crippen LogP contribution in [0.2, 0.25) is 0 Å². The predicted molar refractivity (Wildman–Crippen MR) is 128 cm³/mol. The van der Waals surface area contributed by atoms with E-state index in [-0.39, 0.29) is 24.0 Å². The highest BCUT2D eigenvalue weighted by Crippen LogP contribution is 2.23. The quantitative estimate of drug-likeness (QED) is 0.414. The van der Waals surface area contributed by atoms with Crippen LogP contribution in [0.15, 0.2) is 58.3 Å². The van der Waals surface area contributed by atoms with E-state index in [1.807, 2.05) is 29.6 Å². The van der Waals surface area contributed by atoms with Gasteiger partial charge in [0.1, 0.15) is 11.5 Å². The second-order valence-corrected chi connectivity index (χ2v) is 8.84. The molecule has 0 aliphatic carbocycles. The molecule has 0 fully saturated rings. The Morgan fingerprint density at radius 2 is 1.81 bits per heavy atom. The SMILES string of the molecule is COc1ccc(NC(=O)CSc2nc(CC(=O)NCCc3ccccc3OC)cs2)cc1. The molecule has 1 aromatic heterocycles. The van der Waals surface area contributed by atoms with Crippen LogP contribution in [0.5, 0.6) is 11.5 Å². The largest absolute Gasteiger partial charge is 0.497 e. The molecule has 0 spiro atoms. The molecular weight excluding hydrogens is 446 g/mol. The standard InChI is InChI=1S/C23H25N3O4S2/c1-29-19-9-7-17(8-10-19)25-22(28)15-32-23-26-18(14-31-23)13-21(27)24-12-11-16-5-3-4-6-20(16)30-2/h3-10,14H,11-13,15H2,1-2H3,(H,24,27)(H,25,28). The van der Waals surface area contributed by atoms with E-state index in [0.29, 0.717) is 24.3 Å². The third-order valence-corrected chi connectivity index (χ3v) is 6.55. The van der Waals surface area contributed by atoms with Gasteiger partial charge >= 0.3 is 0 Å². The van der Waals surface area contributed by atoms with E-state index >= 15 is 0 Å². The van der Waals surface area contributed by atoms with Crippen molar-refractivity contribution in [1.29, 1.82) is 0 Å². The summed E-state index contributed by atoms with van der Waals surface area (Å²) in [4.78, 5) is 28.8. The number of nitrogens with zero attached hydrogens (tertiary/aromatic N) is 1. The summed E-state index contributed by atoms with van der Waals surface area (Å²) in [5, 5.41) is 7.60. The molecule has 32 heavy (non-hydrogen) atoms. The first-order valence-electron chi connectivity index (χ1n) is 9.97. The summed E-state index contributed by atoms with van der Waals surface area (Å²) in [5.41, 5.74) is 2.46. The first-order valence-corrected chi connectivity index (χ1v) is 11.8. The number of anilines is 1. The summed E-state index contributed by atoms with van der Waals surface area (Å²) < 4.78 is 11.2. The summed E-state index contributed by atoms with van der Waals surface area (Å²) in [7, 11) is 3.23. The van der Waals surface area contributed by atoms with Crippen LogP contribution >= 0.6 is 23.1 Å². The van der Waals surface area contributed by atoms with Crippen LogP contribution in [-0.2, 0) is 22.4 Å². The molecule has 7 nitrogen and oxygen atoms in total. The Morgan fingerprint density at radius 3 is 2.56 bits per heavy atom. The minimum Gasteiger partial charge on any atom is -0.497 e. The lowest BCUT2D eigenvalue weighted by Crippen LogP contribution is -2.27. The van der Waals surface area contributed by atoms with Gasteiger partial charge in [0.05, 0.1) is 32.1 Å². The Morgan fingerprint density at radius 1 is 1.03 bits per heavy atom. The van der Waals surface area contributed by atoms with Gasteiger partial charge in [-0.2, -0.15) is 0 Å². The molecule has 0 saturated carbocycles. The smallest absolute Gasteiger partial charge is 0.234 e. The fourth-order valence-electron chi connectivity index (χ4n) is 2.91. The molecule has 0 saturated heterocycles. The van der Waals surface area contributed by atoms with Gasteiger partial charge in [-0.1, -0.05) is 30.0 Å². The first kappa shape index (κ1) is 23.6. The van der Waals surface area contributed by atoms with E-state index in [1.165, 1.54) is 23.1 Å². The molecule has 0 aliphatic rings. The summed E-state index contributed by atoms with van der Waals surface area (Å²) in [6.07, 6.45) is 0.901. The van der Waals surface area contributed by atoms with Crippen molar-refractivity contribution in [1.82, 2.24) is 10.3 Å². The Labute approximate surface area is 195 Å². The Balaban J connectivity index is 1.39. The number of thiazole rings is 1. The summed E-state index contributed by atoms with van der Waals surface area (Å²) in [5.74, 6) is 1.59. The highest BCUT2D eigenvalue weighted by atomic mass is 32.2. The van der Waals surface area contributed by atoms with Gasteiger partial charge in [0.25, 0.3) is 0 Å². The van der Waals surface area contributed by atoms with Crippen molar-refractivity contribution in [3.63, 3.8) is 0 Å². The Hall–Kier alpha value is -3.04. The summed E-state index contributed by atoms with van der Waals surface area (Å²) >= 11 is 2.78. The molecular formula is C23H25N3O4S2. The lowest BCUT2D eigenvalue weighted by atomic mass is 10.1. The van der Waals surface area contributed by atoms with Crippen molar-refractivity contribution >= 4 is 40.6 Å². The maximum absolute atomic E-state index is 12.2. The van der Waals surface area contributed by atoms with Crippen molar-refractivity contribution in [3.05, 3.63) is 65.2 Å². The Bertz CT molecular complexity index is 1040. The number of amides is 2. The van der Waals surface area contributed by atoms with Gasteiger partial charge in [-0.05, 0) is 42.3 Å². The molecule has 168 valence electrons. The lowest BCUT2D eigenvalue weighted by Gasteiger charge is -2.08. The van der Waals surface area contributed by atoms with Crippen molar-refractivity contribution in [2.75, 3.05) is 31.8 Å². The van der Waals surface area contributed by atoms with Gasteiger partial charge in [-0.3, -0.25) is 9.59 Å². The fourth-order valence-corrected chi connectivity index (χ4v) is 4.55. The molecule has 3 rings (SSSR count). The number of hydrogen-bond donors (Lipinski definition) is 2. The molecule has 1 heterocycles.